The molecule has 3 rings (SSSR count). The number of sulfonamides is 1. The van der Waals surface area contributed by atoms with Gasteiger partial charge in [-0.3, -0.25) is 4.79 Å². The number of ketones is 1. The SMILES string of the molecule is O=C(CCCC1CCN(S(=O)(=O)c2ccc(Cl)cc2)CC1)c1ncco1. The van der Waals surface area contributed by atoms with E-state index in [0.29, 0.717) is 30.5 Å². The lowest BCUT2D eigenvalue weighted by Gasteiger charge is -2.31. The van der Waals surface area contributed by atoms with Crippen molar-refractivity contribution in [2.75, 3.05) is 13.1 Å². The molecule has 1 aromatic heterocycles. The predicted octanol–water partition coefficient (Wildman–Crippen LogP) is 3.78. The summed E-state index contributed by atoms with van der Waals surface area (Å²) in [5.41, 5.74) is 0. The molecule has 0 amide bonds. The van der Waals surface area contributed by atoms with Crippen molar-refractivity contribution in [3.8, 4) is 0 Å². The first-order valence-corrected chi connectivity index (χ1v) is 10.5. The van der Waals surface area contributed by atoms with E-state index in [9.17, 15) is 13.2 Å². The fourth-order valence-corrected chi connectivity index (χ4v) is 4.81. The van der Waals surface area contributed by atoms with E-state index in [2.05, 4.69) is 4.98 Å². The minimum atomic E-state index is -3.47. The molecule has 2 heterocycles. The second-order valence-electron chi connectivity index (χ2n) is 6.45. The summed E-state index contributed by atoms with van der Waals surface area (Å²) in [6, 6.07) is 6.26. The molecule has 1 aliphatic rings. The van der Waals surface area contributed by atoms with Gasteiger partial charge in [0.05, 0.1) is 11.1 Å². The van der Waals surface area contributed by atoms with Crippen LogP contribution in [0.4, 0.5) is 0 Å². The first kappa shape index (κ1) is 19.1. The smallest absolute Gasteiger partial charge is 0.263 e. The lowest BCUT2D eigenvalue weighted by molar-refractivity contribution is 0.0942. The van der Waals surface area contributed by atoms with E-state index in [-0.39, 0.29) is 16.6 Å². The molecule has 1 aliphatic heterocycles. The highest BCUT2D eigenvalue weighted by molar-refractivity contribution is 7.89. The van der Waals surface area contributed by atoms with Gasteiger partial charge >= 0.3 is 0 Å². The fraction of sp³-hybridized carbons (Fsp3) is 0.444. The summed E-state index contributed by atoms with van der Waals surface area (Å²) in [5, 5.41) is 0.516. The normalized spacial score (nSPS) is 16.7. The van der Waals surface area contributed by atoms with E-state index in [0.717, 1.165) is 25.7 Å². The van der Waals surface area contributed by atoms with Gasteiger partial charge in [0.25, 0.3) is 5.89 Å². The van der Waals surface area contributed by atoms with Gasteiger partial charge in [0, 0.05) is 24.5 Å². The molecule has 0 unspecified atom stereocenters. The fourth-order valence-electron chi connectivity index (χ4n) is 3.21. The van der Waals surface area contributed by atoms with Crippen molar-refractivity contribution < 1.29 is 17.6 Å². The minimum Gasteiger partial charge on any atom is -0.442 e. The molecule has 0 N–H and O–H groups in total. The van der Waals surface area contributed by atoms with E-state index in [1.807, 2.05) is 0 Å². The Balaban J connectivity index is 1.46. The topological polar surface area (TPSA) is 80.5 Å². The third-order valence-electron chi connectivity index (χ3n) is 4.71. The Hall–Kier alpha value is -1.70. The van der Waals surface area contributed by atoms with Crippen LogP contribution in [0.2, 0.25) is 5.02 Å². The van der Waals surface area contributed by atoms with Crippen molar-refractivity contribution in [1.29, 1.82) is 0 Å². The van der Waals surface area contributed by atoms with Gasteiger partial charge in [0.2, 0.25) is 15.8 Å². The molecular weight excluding hydrogens is 376 g/mol. The number of piperidine rings is 1. The first-order chi connectivity index (χ1) is 12.5. The zero-order valence-corrected chi connectivity index (χ0v) is 15.9. The number of hydrogen-bond acceptors (Lipinski definition) is 5. The van der Waals surface area contributed by atoms with Crippen molar-refractivity contribution in [2.45, 2.75) is 37.0 Å². The van der Waals surface area contributed by atoms with Crippen molar-refractivity contribution in [1.82, 2.24) is 9.29 Å². The van der Waals surface area contributed by atoms with Crippen molar-refractivity contribution in [3.63, 3.8) is 0 Å². The Morgan fingerprint density at radius 2 is 1.92 bits per heavy atom. The number of oxazole rings is 1. The average molecular weight is 397 g/mol. The Morgan fingerprint density at radius 1 is 1.23 bits per heavy atom. The maximum Gasteiger partial charge on any atom is 0.263 e. The lowest BCUT2D eigenvalue weighted by Crippen LogP contribution is -2.38. The summed E-state index contributed by atoms with van der Waals surface area (Å²) in [5.74, 6) is 0.510. The van der Waals surface area contributed by atoms with Gasteiger partial charge in [-0.15, -0.1) is 0 Å². The van der Waals surface area contributed by atoms with E-state index in [1.165, 1.54) is 28.9 Å². The lowest BCUT2D eigenvalue weighted by atomic mass is 9.92. The van der Waals surface area contributed by atoms with Gasteiger partial charge < -0.3 is 4.42 Å². The molecule has 2 aromatic rings. The number of rotatable bonds is 7. The van der Waals surface area contributed by atoms with Crippen molar-refractivity contribution in [3.05, 3.63) is 47.6 Å². The van der Waals surface area contributed by atoms with Crippen molar-refractivity contribution in [2.24, 2.45) is 5.92 Å². The quantitative estimate of drug-likeness (QED) is 0.665. The zero-order valence-electron chi connectivity index (χ0n) is 14.3. The van der Waals surface area contributed by atoms with Gasteiger partial charge in [0.15, 0.2) is 0 Å². The Bertz CT molecular complexity index is 827. The number of benzene rings is 1. The summed E-state index contributed by atoms with van der Waals surface area (Å²) in [7, 11) is -3.47. The number of hydrogen-bond donors (Lipinski definition) is 0. The number of nitrogens with zero attached hydrogens (tertiary/aromatic N) is 2. The third kappa shape index (κ3) is 4.52. The van der Waals surface area contributed by atoms with Crippen LogP contribution in [0.15, 0.2) is 46.0 Å². The summed E-state index contributed by atoms with van der Waals surface area (Å²) in [6.45, 7) is 1.01. The molecule has 140 valence electrons. The summed E-state index contributed by atoms with van der Waals surface area (Å²) in [4.78, 5) is 16.0. The summed E-state index contributed by atoms with van der Waals surface area (Å²) < 4.78 is 31.9. The van der Waals surface area contributed by atoms with Crippen LogP contribution in [0.25, 0.3) is 0 Å². The zero-order chi connectivity index (χ0) is 18.6. The van der Waals surface area contributed by atoms with Crippen LogP contribution in [-0.2, 0) is 10.0 Å². The number of aromatic nitrogens is 1. The highest BCUT2D eigenvalue weighted by atomic mass is 35.5. The van der Waals surface area contributed by atoms with Crippen LogP contribution >= 0.6 is 11.6 Å². The van der Waals surface area contributed by atoms with Crippen LogP contribution < -0.4 is 0 Å². The molecule has 0 spiro atoms. The molecule has 1 aromatic carbocycles. The molecule has 0 atom stereocenters. The summed E-state index contributed by atoms with van der Waals surface area (Å²) >= 11 is 5.83. The van der Waals surface area contributed by atoms with E-state index >= 15 is 0 Å². The average Bonchev–Trinajstić information content (AvgIpc) is 3.17. The van der Waals surface area contributed by atoms with Crippen molar-refractivity contribution >= 4 is 27.4 Å². The molecule has 0 aliphatic carbocycles. The molecule has 1 fully saturated rings. The number of carbonyl (C=O) groups excluding carboxylic acids is 1. The van der Waals surface area contributed by atoms with Gasteiger partial charge in [-0.2, -0.15) is 4.31 Å². The highest BCUT2D eigenvalue weighted by Gasteiger charge is 2.29. The maximum atomic E-state index is 12.7. The molecule has 8 heteroatoms. The standard InChI is InChI=1S/C18H21ClN2O4S/c19-15-4-6-16(7-5-15)26(23,24)21-11-8-14(9-12-21)2-1-3-17(22)18-20-10-13-25-18/h4-7,10,13-14H,1-3,8-9,11-12H2. The monoisotopic (exact) mass is 396 g/mol. The van der Waals surface area contributed by atoms with Gasteiger partial charge in [-0.05, 0) is 55.9 Å². The summed E-state index contributed by atoms with van der Waals surface area (Å²) in [6.07, 6.45) is 6.54. The van der Waals surface area contributed by atoms with Crippen LogP contribution in [-0.4, -0.2) is 36.6 Å². The molecule has 0 saturated carbocycles. The van der Waals surface area contributed by atoms with Gasteiger partial charge in [-0.1, -0.05) is 11.6 Å². The first-order valence-electron chi connectivity index (χ1n) is 8.65. The Labute approximate surface area is 158 Å². The van der Waals surface area contributed by atoms with Crippen LogP contribution in [0.5, 0.6) is 0 Å². The maximum absolute atomic E-state index is 12.7. The minimum absolute atomic E-state index is 0.0854. The third-order valence-corrected chi connectivity index (χ3v) is 6.88. The predicted molar refractivity (Wildman–Crippen MR) is 97.6 cm³/mol. The van der Waals surface area contributed by atoms with E-state index in [4.69, 9.17) is 16.0 Å². The second kappa shape index (κ2) is 8.33. The van der Waals surface area contributed by atoms with Gasteiger partial charge in [-0.25, -0.2) is 13.4 Å². The molecule has 1 saturated heterocycles. The molecule has 0 bridgehead atoms. The second-order valence-corrected chi connectivity index (χ2v) is 8.83. The van der Waals surface area contributed by atoms with Crippen LogP contribution in [0, 0.1) is 5.92 Å². The highest BCUT2D eigenvalue weighted by Crippen LogP contribution is 2.27. The van der Waals surface area contributed by atoms with E-state index < -0.39 is 10.0 Å². The Kier molecular flexibility index (Phi) is 6.11. The largest absolute Gasteiger partial charge is 0.442 e. The van der Waals surface area contributed by atoms with E-state index in [1.54, 1.807) is 12.1 Å². The number of Topliss-reactive ketones (excluding diaryl/α,β-unsaturated/α-hetero) is 1. The van der Waals surface area contributed by atoms with Gasteiger partial charge in [0.1, 0.15) is 6.26 Å². The molecule has 26 heavy (non-hydrogen) atoms. The number of carbonyl (C=O) groups is 1. The van der Waals surface area contributed by atoms with Crippen LogP contribution in [0.3, 0.4) is 0 Å². The molecule has 0 radical (unpaired) electrons. The molecular formula is C18H21ClN2O4S. The Morgan fingerprint density at radius 3 is 2.54 bits per heavy atom. The number of halogens is 1. The molecule has 6 nitrogen and oxygen atoms in total. The van der Waals surface area contributed by atoms with Crippen LogP contribution in [0.1, 0.15) is 42.8 Å².